The maximum Gasteiger partial charge on any atom is 0.262 e. The van der Waals surface area contributed by atoms with Crippen molar-refractivity contribution in [3.63, 3.8) is 0 Å². The monoisotopic (exact) mass is 426 g/mol. The summed E-state index contributed by atoms with van der Waals surface area (Å²) in [6.45, 7) is 2.20. The average molecular weight is 427 g/mol. The van der Waals surface area contributed by atoms with E-state index in [1.54, 1.807) is 31.3 Å². The number of nitrogens with zero attached hydrogens (tertiary/aromatic N) is 5. The van der Waals surface area contributed by atoms with Crippen molar-refractivity contribution in [2.45, 2.75) is 18.4 Å². The zero-order chi connectivity index (χ0) is 21.6. The molecule has 0 amide bonds. The number of hydrogen-bond acceptors (Lipinski definition) is 6. The van der Waals surface area contributed by atoms with Gasteiger partial charge in [0.1, 0.15) is 0 Å². The van der Waals surface area contributed by atoms with Crippen molar-refractivity contribution in [3.8, 4) is 0 Å². The standard InChI is InChI=1S/C20H22N6O3S/c1-13-9-10-14(30(28,29)24(2)3)11-16(13)21-12-18-22-23-20-25(4)19(27)15-7-5-6-8-17(15)26(18)20/h5-11,21H,12H2,1-4H3. The lowest BCUT2D eigenvalue weighted by Crippen LogP contribution is -2.22. The van der Waals surface area contributed by atoms with Crippen molar-refractivity contribution in [2.75, 3.05) is 19.4 Å². The minimum absolute atomic E-state index is 0.137. The number of sulfonamides is 1. The first-order valence-corrected chi connectivity index (χ1v) is 10.7. The van der Waals surface area contributed by atoms with Crippen molar-refractivity contribution >= 4 is 32.4 Å². The molecule has 0 bridgehead atoms. The van der Waals surface area contributed by atoms with Gasteiger partial charge in [0.2, 0.25) is 15.8 Å². The Morgan fingerprint density at radius 3 is 2.57 bits per heavy atom. The van der Waals surface area contributed by atoms with Crippen LogP contribution in [0.1, 0.15) is 11.4 Å². The highest BCUT2D eigenvalue weighted by Crippen LogP contribution is 2.23. The summed E-state index contributed by atoms with van der Waals surface area (Å²) >= 11 is 0. The molecule has 10 heteroatoms. The van der Waals surface area contributed by atoms with E-state index >= 15 is 0 Å². The van der Waals surface area contributed by atoms with Crippen LogP contribution in [-0.4, -0.2) is 46.0 Å². The molecule has 0 radical (unpaired) electrons. The molecule has 0 aliphatic rings. The summed E-state index contributed by atoms with van der Waals surface area (Å²) in [4.78, 5) is 12.8. The van der Waals surface area contributed by atoms with Crippen molar-refractivity contribution in [2.24, 2.45) is 7.05 Å². The minimum atomic E-state index is -3.54. The van der Waals surface area contributed by atoms with Crippen LogP contribution in [0.15, 0.2) is 52.2 Å². The fraction of sp³-hybridized carbons (Fsp3) is 0.250. The van der Waals surface area contributed by atoms with E-state index in [4.69, 9.17) is 0 Å². The lowest BCUT2D eigenvalue weighted by molar-refractivity contribution is 0.521. The van der Waals surface area contributed by atoms with Gasteiger partial charge in [-0.05, 0) is 36.8 Å². The topological polar surface area (TPSA) is 102 Å². The highest BCUT2D eigenvalue weighted by molar-refractivity contribution is 7.89. The summed E-state index contributed by atoms with van der Waals surface area (Å²) in [5.74, 6) is 1.05. The molecular formula is C20H22N6O3S. The van der Waals surface area contributed by atoms with Crippen LogP contribution in [0, 0.1) is 6.92 Å². The molecule has 0 atom stereocenters. The Kier molecular flexibility index (Phi) is 4.83. The predicted molar refractivity (Wildman–Crippen MR) is 115 cm³/mol. The molecule has 156 valence electrons. The third kappa shape index (κ3) is 3.14. The van der Waals surface area contributed by atoms with Gasteiger partial charge in [-0.15, -0.1) is 10.2 Å². The van der Waals surface area contributed by atoms with E-state index in [1.165, 1.54) is 23.0 Å². The van der Waals surface area contributed by atoms with Crippen molar-refractivity contribution in [3.05, 3.63) is 64.2 Å². The predicted octanol–water partition coefficient (Wildman–Crippen LogP) is 1.75. The highest BCUT2D eigenvalue weighted by Gasteiger charge is 2.19. The van der Waals surface area contributed by atoms with Crippen molar-refractivity contribution in [1.82, 2.24) is 23.5 Å². The highest BCUT2D eigenvalue weighted by atomic mass is 32.2. The molecule has 2 aromatic heterocycles. The molecule has 4 aromatic rings. The third-order valence-electron chi connectivity index (χ3n) is 5.12. The number of fused-ring (bicyclic) bond motifs is 3. The molecule has 0 aliphatic carbocycles. The summed E-state index contributed by atoms with van der Waals surface area (Å²) in [5.41, 5.74) is 2.17. The van der Waals surface area contributed by atoms with Crippen LogP contribution >= 0.6 is 0 Å². The zero-order valence-electron chi connectivity index (χ0n) is 17.1. The molecule has 0 fully saturated rings. The first-order valence-electron chi connectivity index (χ1n) is 9.30. The summed E-state index contributed by atoms with van der Waals surface area (Å²) in [5, 5.41) is 12.3. The Labute approximate surface area is 173 Å². The van der Waals surface area contributed by atoms with Crippen LogP contribution in [0.5, 0.6) is 0 Å². The second kappa shape index (κ2) is 7.22. The number of nitrogens with one attached hydrogen (secondary N) is 1. The van der Waals surface area contributed by atoms with E-state index in [0.717, 1.165) is 11.1 Å². The molecule has 0 aliphatic heterocycles. The van der Waals surface area contributed by atoms with Gasteiger partial charge in [0, 0.05) is 26.8 Å². The van der Waals surface area contributed by atoms with Gasteiger partial charge in [0.05, 0.1) is 22.3 Å². The van der Waals surface area contributed by atoms with E-state index in [-0.39, 0.29) is 10.5 Å². The van der Waals surface area contributed by atoms with Crippen LogP contribution in [-0.2, 0) is 23.6 Å². The largest absolute Gasteiger partial charge is 0.377 e. The fourth-order valence-corrected chi connectivity index (χ4v) is 4.27. The molecule has 0 saturated heterocycles. The van der Waals surface area contributed by atoms with Crippen LogP contribution in [0.3, 0.4) is 0 Å². The number of benzene rings is 2. The lowest BCUT2D eigenvalue weighted by atomic mass is 10.2. The second-order valence-corrected chi connectivity index (χ2v) is 9.40. The minimum Gasteiger partial charge on any atom is -0.377 e. The lowest BCUT2D eigenvalue weighted by Gasteiger charge is -2.15. The van der Waals surface area contributed by atoms with Gasteiger partial charge in [0.15, 0.2) is 5.82 Å². The number of hydrogen-bond donors (Lipinski definition) is 1. The number of para-hydroxylation sites is 1. The Bertz CT molecular complexity index is 1440. The summed E-state index contributed by atoms with van der Waals surface area (Å²) in [6.07, 6.45) is 0. The van der Waals surface area contributed by atoms with Crippen molar-refractivity contribution in [1.29, 1.82) is 0 Å². The number of rotatable bonds is 5. The quantitative estimate of drug-likeness (QED) is 0.522. The zero-order valence-corrected chi connectivity index (χ0v) is 17.9. The number of anilines is 1. The molecule has 30 heavy (non-hydrogen) atoms. The number of aromatic nitrogens is 4. The van der Waals surface area contributed by atoms with E-state index < -0.39 is 10.0 Å². The number of aryl methyl sites for hydroxylation is 2. The fourth-order valence-electron chi connectivity index (χ4n) is 3.34. The van der Waals surface area contributed by atoms with Gasteiger partial charge < -0.3 is 5.32 Å². The SMILES string of the molecule is Cc1ccc(S(=O)(=O)N(C)C)cc1NCc1nnc2n(C)c(=O)c3ccccc3n12. The van der Waals surface area contributed by atoms with Gasteiger partial charge in [-0.25, -0.2) is 12.7 Å². The van der Waals surface area contributed by atoms with E-state index in [2.05, 4.69) is 15.5 Å². The third-order valence-corrected chi connectivity index (χ3v) is 6.93. The van der Waals surface area contributed by atoms with Crippen LogP contribution < -0.4 is 10.9 Å². The molecule has 0 saturated carbocycles. The van der Waals surface area contributed by atoms with E-state index in [9.17, 15) is 13.2 Å². The first-order chi connectivity index (χ1) is 14.2. The molecule has 1 N–H and O–H groups in total. The summed E-state index contributed by atoms with van der Waals surface area (Å²) < 4.78 is 29.4. The maximum absolute atomic E-state index is 12.6. The molecule has 0 spiro atoms. The molecule has 9 nitrogen and oxygen atoms in total. The normalized spacial score (nSPS) is 12.2. The average Bonchev–Trinajstić information content (AvgIpc) is 3.15. The van der Waals surface area contributed by atoms with Crippen LogP contribution in [0.4, 0.5) is 5.69 Å². The smallest absolute Gasteiger partial charge is 0.262 e. The Morgan fingerprint density at radius 2 is 1.83 bits per heavy atom. The first kappa shape index (κ1) is 20.0. The summed E-state index contributed by atoms with van der Waals surface area (Å²) in [7, 11) is 1.12. The van der Waals surface area contributed by atoms with Gasteiger partial charge >= 0.3 is 0 Å². The molecular weight excluding hydrogens is 404 g/mol. The molecule has 2 aromatic carbocycles. The van der Waals surface area contributed by atoms with Gasteiger partial charge in [-0.1, -0.05) is 18.2 Å². The summed E-state index contributed by atoms with van der Waals surface area (Å²) in [6, 6.07) is 12.3. The Balaban J connectivity index is 1.76. The van der Waals surface area contributed by atoms with E-state index in [1.807, 2.05) is 29.5 Å². The van der Waals surface area contributed by atoms with E-state index in [0.29, 0.717) is 29.2 Å². The Morgan fingerprint density at radius 1 is 1.10 bits per heavy atom. The van der Waals surface area contributed by atoms with Crippen LogP contribution in [0.25, 0.3) is 16.7 Å². The Hall–Kier alpha value is -3.24. The second-order valence-electron chi connectivity index (χ2n) is 7.25. The molecule has 4 rings (SSSR count). The van der Waals surface area contributed by atoms with Gasteiger partial charge in [-0.2, -0.15) is 0 Å². The maximum atomic E-state index is 12.6. The van der Waals surface area contributed by atoms with Crippen LogP contribution in [0.2, 0.25) is 0 Å². The van der Waals surface area contributed by atoms with Gasteiger partial charge in [0.25, 0.3) is 5.56 Å². The van der Waals surface area contributed by atoms with Crippen molar-refractivity contribution < 1.29 is 8.42 Å². The molecule has 0 unspecified atom stereocenters. The molecule has 2 heterocycles. The van der Waals surface area contributed by atoms with Gasteiger partial charge in [-0.3, -0.25) is 13.8 Å².